The Morgan fingerprint density at radius 2 is 1.83 bits per heavy atom. The van der Waals surface area contributed by atoms with E-state index < -0.39 is 0 Å². The molecule has 1 saturated heterocycles. The number of nitrogen functional groups attached to an aromatic ring is 1. The number of imidazole rings is 1. The molecule has 154 valence electrons. The van der Waals surface area contributed by atoms with Gasteiger partial charge in [0.15, 0.2) is 0 Å². The third-order valence-corrected chi connectivity index (χ3v) is 8.02. The molecule has 2 aromatic heterocycles. The molecule has 5 aliphatic rings. The fourth-order valence-electron chi connectivity index (χ4n) is 5.97. The molecule has 6 nitrogen and oxygen atoms in total. The lowest BCUT2D eigenvalue weighted by molar-refractivity contribution is -0.213. The standard InChI is InChI=1S/C23H32N6/c1-16-9-18(11-25-21(16)24)19-12-29(20(26-19)10-17-3-4-17)23-13-22(14-23,15-23)28-7-5-27(2)6-8-28/h9,11-12,17H,3-8,10,13-15H2,1-2H3,(H2,24,25). The Morgan fingerprint density at radius 1 is 1.10 bits per heavy atom. The molecule has 0 amide bonds. The monoisotopic (exact) mass is 392 g/mol. The van der Waals surface area contributed by atoms with Crippen LogP contribution in [0.15, 0.2) is 18.5 Å². The second-order valence-electron chi connectivity index (χ2n) is 10.3. The molecule has 3 heterocycles. The topological polar surface area (TPSA) is 63.2 Å². The van der Waals surface area contributed by atoms with E-state index in [-0.39, 0.29) is 0 Å². The molecule has 5 fully saturated rings. The Hall–Kier alpha value is -1.92. The molecule has 2 aromatic rings. The van der Waals surface area contributed by atoms with Crippen molar-refractivity contribution in [2.75, 3.05) is 39.0 Å². The molecular formula is C23H32N6. The molecule has 7 rings (SSSR count). The van der Waals surface area contributed by atoms with Gasteiger partial charge in [-0.25, -0.2) is 9.97 Å². The number of hydrogen-bond acceptors (Lipinski definition) is 5. The average molecular weight is 393 g/mol. The van der Waals surface area contributed by atoms with E-state index in [9.17, 15) is 0 Å². The van der Waals surface area contributed by atoms with Crippen molar-refractivity contribution < 1.29 is 0 Å². The maximum absolute atomic E-state index is 5.93. The molecule has 4 aliphatic carbocycles. The van der Waals surface area contributed by atoms with Gasteiger partial charge in [-0.3, -0.25) is 4.90 Å². The van der Waals surface area contributed by atoms with Crippen molar-refractivity contribution in [3.05, 3.63) is 29.8 Å². The molecule has 2 N–H and O–H groups in total. The van der Waals surface area contributed by atoms with Crippen LogP contribution in [0.1, 0.15) is 43.5 Å². The maximum Gasteiger partial charge on any atom is 0.126 e. The lowest BCUT2D eigenvalue weighted by Gasteiger charge is -2.75. The summed E-state index contributed by atoms with van der Waals surface area (Å²) in [7, 11) is 2.24. The van der Waals surface area contributed by atoms with Crippen molar-refractivity contribution in [2.45, 2.75) is 56.5 Å². The van der Waals surface area contributed by atoms with E-state index in [2.05, 4.69) is 38.7 Å². The third kappa shape index (κ3) is 2.76. The number of aromatic nitrogens is 3. The van der Waals surface area contributed by atoms with Gasteiger partial charge in [-0.2, -0.15) is 0 Å². The van der Waals surface area contributed by atoms with E-state index in [0.717, 1.165) is 29.2 Å². The van der Waals surface area contributed by atoms with E-state index in [1.165, 1.54) is 64.1 Å². The van der Waals surface area contributed by atoms with E-state index in [0.29, 0.717) is 16.9 Å². The van der Waals surface area contributed by atoms with Gasteiger partial charge in [-0.05, 0) is 63.6 Å². The Labute approximate surface area is 173 Å². The van der Waals surface area contributed by atoms with Gasteiger partial charge in [0.2, 0.25) is 0 Å². The zero-order valence-corrected chi connectivity index (χ0v) is 17.7. The van der Waals surface area contributed by atoms with Gasteiger partial charge in [-0.15, -0.1) is 0 Å². The van der Waals surface area contributed by atoms with Crippen LogP contribution in [-0.4, -0.2) is 63.1 Å². The third-order valence-electron chi connectivity index (χ3n) is 8.02. The van der Waals surface area contributed by atoms with Crippen LogP contribution in [0, 0.1) is 12.8 Å². The predicted molar refractivity (Wildman–Crippen MR) is 115 cm³/mol. The molecule has 0 atom stereocenters. The summed E-state index contributed by atoms with van der Waals surface area (Å²) in [5.41, 5.74) is 9.90. The zero-order valence-electron chi connectivity index (χ0n) is 17.7. The second-order valence-corrected chi connectivity index (χ2v) is 10.3. The SMILES string of the molecule is Cc1cc(-c2cn(C34CC(N5CCN(C)CC5)(C3)C4)c(CC3CC3)n2)cnc1N. The number of pyridine rings is 1. The number of anilines is 1. The first-order valence-electron chi connectivity index (χ1n) is 11.2. The molecule has 0 unspecified atom stereocenters. The van der Waals surface area contributed by atoms with Gasteiger partial charge < -0.3 is 15.2 Å². The largest absolute Gasteiger partial charge is 0.383 e. The van der Waals surface area contributed by atoms with Crippen molar-refractivity contribution in [3.8, 4) is 11.3 Å². The van der Waals surface area contributed by atoms with Crippen LogP contribution in [0.3, 0.4) is 0 Å². The number of nitrogens with zero attached hydrogens (tertiary/aromatic N) is 5. The summed E-state index contributed by atoms with van der Waals surface area (Å²) in [5.74, 6) is 2.75. The van der Waals surface area contributed by atoms with Crippen molar-refractivity contribution in [1.82, 2.24) is 24.3 Å². The number of likely N-dealkylation sites (N-methyl/N-ethyl adjacent to an activating group) is 1. The second kappa shape index (κ2) is 6.05. The zero-order chi connectivity index (χ0) is 19.8. The molecule has 1 aliphatic heterocycles. The highest BCUT2D eigenvalue weighted by Gasteiger charge is 2.71. The first-order chi connectivity index (χ1) is 14.0. The van der Waals surface area contributed by atoms with Gasteiger partial charge in [0, 0.05) is 56.1 Å². The van der Waals surface area contributed by atoms with Crippen molar-refractivity contribution in [2.24, 2.45) is 5.92 Å². The van der Waals surface area contributed by atoms with Crippen LogP contribution in [-0.2, 0) is 12.0 Å². The average Bonchev–Trinajstić information content (AvgIpc) is 3.36. The predicted octanol–water partition coefficient (Wildman–Crippen LogP) is 2.67. The van der Waals surface area contributed by atoms with Gasteiger partial charge in [-0.1, -0.05) is 0 Å². The number of rotatable bonds is 5. The normalized spacial score (nSPS) is 32.1. The summed E-state index contributed by atoms with van der Waals surface area (Å²) in [5, 5.41) is 0. The summed E-state index contributed by atoms with van der Waals surface area (Å²) in [6, 6.07) is 2.13. The minimum absolute atomic E-state index is 0.315. The van der Waals surface area contributed by atoms with E-state index in [1.807, 2.05) is 13.1 Å². The van der Waals surface area contributed by atoms with Crippen molar-refractivity contribution >= 4 is 5.82 Å². The smallest absolute Gasteiger partial charge is 0.126 e. The number of piperazine rings is 1. The van der Waals surface area contributed by atoms with Gasteiger partial charge in [0.25, 0.3) is 0 Å². The van der Waals surface area contributed by atoms with Gasteiger partial charge in [0.05, 0.1) is 11.2 Å². The first-order valence-corrected chi connectivity index (χ1v) is 11.2. The molecule has 4 saturated carbocycles. The van der Waals surface area contributed by atoms with Crippen LogP contribution in [0.25, 0.3) is 11.3 Å². The highest BCUT2D eigenvalue weighted by atomic mass is 15.4. The van der Waals surface area contributed by atoms with E-state index >= 15 is 0 Å². The molecule has 6 heteroatoms. The molecule has 0 radical (unpaired) electrons. The van der Waals surface area contributed by atoms with E-state index in [1.54, 1.807) is 0 Å². The van der Waals surface area contributed by atoms with Crippen LogP contribution in [0.5, 0.6) is 0 Å². The Bertz CT molecular complexity index is 930. The summed E-state index contributed by atoms with van der Waals surface area (Å²) in [4.78, 5) is 14.7. The number of aryl methyl sites for hydroxylation is 1. The fraction of sp³-hybridized carbons (Fsp3) is 0.652. The molecule has 0 aromatic carbocycles. The fourth-order valence-corrected chi connectivity index (χ4v) is 5.97. The van der Waals surface area contributed by atoms with Crippen LogP contribution < -0.4 is 5.73 Å². The van der Waals surface area contributed by atoms with Gasteiger partial charge in [0.1, 0.15) is 11.6 Å². The van der Waals surface area contributed by atoms with Crippen molar-refractivity contribution in [1.29, 1.82) is 0 Å². The maximum atomic E-state index is 5.93. The summed E-state index contributed by atoms with van der Waals surface area (Å²) in [6.45, 7) is 6.90. The Morgan fingerprint density at radius 3 is 2.48 bits per heavy atom. The summed E-state index contributed by atoms with van der Waals surface area (Å²) < 4.78 is 2.57. The number of hydrogen-bond donors (Lipinski definition) is 1. The molecular weight excluding hydrogens is 360 g/mol. The Balaban J connectivity index is 1.27. The molecule has 29 heavy (non-hydrogen) atoms. The lowest BCUT2D eigenvalue weighted by atomic mass is 9.43. The minimum Gasteiger partial charge on any atom is -0.383 e. The Kier molecular flexibility index (Phi) is 3.73. The van der Waals surface area contributed by atoms with Crippen LogP contribution in [0.2, 0.25) is 0 Å². The van der Waals surface area contributed by atoms with Crippen molar-refractivity contribution in [3.63, 3.8) is 0 Å². The molecule has 2 bridgehead atoms. The lowest BCUT2D eigenvalue weighted by Crippen LogP contribution is -2.80. The minimum atomic E-state index is 0.315. The summed E-state index contributed by atoms with van der Waals surface area (Å²) in [6.07, 6.45) is 12.0. The quantitative estimate of drug-likeness (QED) is 0.848. The van der Waals surface area contributed by atoms with Crippen LogP contribution >= 0.6 is 0 Å². The van der Waals surface area contributed by atoms with Crippen LogP contribution in [0.4, 0.5) is 5.82 Å². The molecule has 0 spiro atoms. The number of nitrogens with two attached hydrogens (primary N) is 1. The first kappa shape index (κ1) is 17.9. The van der Waals surface area contributed by atoms with E-state index in [4.69, 9.17) is 10.7 Å². The highest BCUT2D eigenvalue weighted by molar-refractivity contribution is 5.61. The van der Waals surface area contributed by atoms with Gasteiger partial charge >= 0.3 is 0 Å². The summed E-state index contributed by atoms with van der Waals surface area (Å²) >= 11 is 0. The highest BCUT2D eigenvalue weighted by Crippen LogP contribution is 2.68.